The minimum Gasteiger partial charge on any atom is -0.335 e. The third-order valence-electron chi connectivity index (χ3n) is 8.66. The lowest BCUT2D eigenvalue weighted by molar-refractivity contribution is 0.515. The number of hydrogen-bond acceptors (Lipinski definition) is 1. The Morgan fingerprint density at radius 3 is 1.48 bits per heavy atom. The molecule has 2 aromatic rings. The van der Waals surface area contributed by atoms with E-state index in [-0.39, 0.29) is 0 Å². The molecular weight excluding hydrogens is 484 g/mol. The normalized spacial score (nSPS) is 11.4. The topological polar surface area (TPSA) is 17.8 Å². The van der Waals surface area contributed by atoms with E-state index in [2.05, 4.69) is 54.9 Å². The molecule has 0 aliphatic carbocycles. The summed E-state index contributed by atoms with van der Waals surface area (Å²) in [5.41, 5.74) is 2.76. The van der Waals surface area contributed by atoms with E-state index in [0.717, 1.165) is 25.8 Å². The zero-order valence-electron chi connectivity index (χ0n) is 27.0. The lowest BCUT2D eigenvalue weighted by Gasteiger charge is -2.08. The number of nitrogens with zero attached hydrogens (tertiary/aromatic N) is 2. The van der Waals surface area contributed by atoms with Crippen LogP contribution in [0.25, 0.3) is 0 Å². The van der Waals surface area contributed by atoms with Crippen molar-refractivity contribution in [3.8, 4) is 0 Å². The van der Waals surface area contributed by atoms with E-state index in [1.807, 2.05) is 0 Å². The summed E-state index contributed by atoms with van der Waals surface area (Å²) in [6, 6.07) is 10.9. The van der Waals surface area contributed by atoms with Gasteiger partial charge in [0.25, 0.3) is 0 Å². The predicted molar refractivity (Wildman–Crippen MR) is 177 cm³/mol. The second kappa shape index (κ2) is 25.2. The van der Waals surface area contributed by atoms with Crippen LogP contribution in [-0.4, -0.2) is 9.55 Å². The minimum atomic E-state index is 1.10. The van der Waals surface area contributed by atoms with Crippen LogP contribution >= 0.6 is 0 Å². The van der Waals surface area contributed by atoms with Gasteiger partial charge in [-0.3, -0.25) is 0 Å². The number of aryl methyl sites for hydroxylation is 4. The van der Waals surface area contributed by atoms with Crippen LogP contribution in [0.5, 0.6) is 0 Å². The van der Waals surface area contributed by atoms with Gasteiger partial charge < -0.3 is 4.57 Å². The first-order valence-electron chi connectivity index (χ1n) is 17.9. The quantitative estimate of drug-likeness (QED) is 0.0963. The van der Waals surface area contributed by atoms with Gasteiger partial charge in [0.1, 0.15) is 5.82 Å². The second-order valence-electron chi connectivity index (χ2n) is 12.5. The standard InChI is InChI=1S/C38H66N2/c1-3-5-7-9-11-12-13-14-15-16-17-18-20-22-27-34-40-35-37(32-28-31-36-29-24-23-25-30-36)39-38(40)33-26-21-19-10-8-6-4-2/h23-25,29-30,35H,3-22,26-28,31-34H2,1-2H3. The molecule has 1 aromatic carbocycles. The molecule has 0 saturated heterocycles. The highest BCUT2D eigenvalue weighted by molar-refractivity contribution is 5.15. The molecule has 1 aromatic heterocycles. The highest BCUT2D eigenvalue weighted by Gasteiger charge is 2.08. The average molecular weight is 551 g/mol. The van der Waals surface area contributed by atoms with Crippen molar-refractivity contribution in [2.24, 2.45) is 0 Å². The number of hydrogen-bond donors (Lipinski definition) is 0. The Morgan fingerprint density at radius 2 is 0.950 bits per heavy atom. The second-order valence-corrected chi connectivity index (χ2v) is 12.5. The van der Waals surface area contributed by atoms with Gasteiger partial charge in [0.15, 0.2) is 0 Å². The van der Waals surface area contributed by atoms with Crippen molar-refractivity contribution in [2.75, 3.05) is 0 Å². The van der Waals surface area contributed by atoms with E-state index >= 15 is 0 Å². The fourth-order valence-corrected chi connectivity index (χ4v) is 6.04. The van der Waals surface area contributed by atoms with Crippen molar-refractivity contribution in [1.82, 2.24) is 9.55 Å². The SMILES string of the molecule is CCCCCCCCCCCCCCCCCn1cc(CCCc2ccccc2)nc1CCCCCCCCC. The highest BCUT2D eigenvalue weighted by atomic mass is 15.1. The molecule has 1 heterocycles. The van der Waals surface area contributed by atoms with Crippen molar-refractivity contribution in [3.05, 3.63) is 53.6 Å². The van der Waals surface area contributed by atoms with Crippen molar-refractivity contribution in [3.63, 3.8) is 0 Å². The van der Waals surface area contributed by atoms with Crippen LogP contribution in [0.4, 0.5) is 0 Å². The molecule has 0 amide bonds. The van der Waals surface area contributed by atoms with Gasteiger partial charge in [-0.2, -0.15) is 0 Å². The molecule has 0 spiro atoms. The summed E-state index contributed by atoms with van der Waals surface area (Å²) in [6.45, 7) is 5.77. The molecule has 40 heavy (non-hydrogen) atoms. The summed E-state index contributed by atoms with van der Waals surface area (Å²) in [6.07, 6.45) is 38.0. The van der Waals surface area contributed by atoms with Gasteiger partial charge in [-0.15, -0.1) is 0 Å². The maximum absolute atomic E-state index is 5.14. The van der Waals surface area contributed by atoms with Crippen LogP contribution in [0.3, 0.4) is 0 Å². The largest absolute Gasteiger partial charge is 0.335 e. The highest BCUT2D eigenvalue weighted by Crippen LogP contribution is 2.16. The summed E-state index contributed by atoms with van der Waals surface area (Å²) >= 11 is 0. The van der Waals surface area contributed by atoms with Crippen LogP contribution in [-0.2, 0) is 25.8 Å². The summed E-state index contributed by atoms with van der Waals surface area (Å²) < 4.78 is 2.52. The number of aromatic nitrogens is 2. The molecule has 0 saturated carbocycles. The van der Waals surface area contributed by atoms with E-state index in [0.29, 0.717) is 0 Å². The molecule has 228 valence electrons. The van der Waals surface area contributed by atoms with E-state index in [4.69, 9.17) is 4.98 Å². The number of rotatable bonds is 28. The smallest absolute Gasteiger partial charge is 0.108 e. The van der Waals surface area contributed by atoms with Crippen LogP contribution in [0.15, 0.2) is 36.5 Å². The molecule has 2 heteroatoms. The Labute approximate surface area is 250 Å². The minimum absolute atomic E-state index is 1.10. The third kappa shape index (κ3) is 18.0. The Morgan fingerprint density at radius 1 is 0.475 bits per heavy atom. The lowest BCUT2D eigenvalue weighted by Crippen LogP contribution is -2.03. The Bertz CT molecular complexity index is 793. The predicted octanol–water partition coefficient (Wildman–Crippen LogP) is 12.2. The molecule has 0 radical (unpaired) electrons. The monoisotopic (exact) mass is 551 g/mol. The van der Waals surface area contributed by atoms with E-state index in [1.165, 1.54) is 165 Å². The van der Waals surface area contributed by atoms with Crippen molar-refractivity contribution < 1.29 is 0 Å². The zero-order valence-corrected chi connectivity index (χ0v) is 27.0. The van der Waals surface area contributed by atoms with E-state index in [9.17, 15) is 0 Å². The van der Waals surface area contributed by atoms with Crippen molar-refractivity contribution >= 4 is 0 Å². The summed E-state index contributed by atoms with van der Waals surface area (Å²) in [4.78, 5) is 5.14. The molecule has 2 nitrogen and oxygen atoms in total. The molecule has 0 unspecified atom stereocenters. The Hall–Kier alpha value is -1.57. The first-order valence-corrected chi connectivity index (χ1v) is 17.9. The molecular formula is C38H66N2. The maximum Gasteiger partial charge on any atom is 0.108 e. The number of unbranched alkanes of at least 4 members (excludes halogenated alkanes) is 20. The van der Waals surface area contributed by atoms with Gasteiger partial charge in [-0.1, -0.05) is 173 Å². The lowest BCUT2D eigenvalue weighted by atomic mass is 10.0. The van der Waals surface area contributed by atoms with Gasteiger partial charge in [-0.05, 0) is 37.7 Å². The van der Waals surface area contributed by atoms with Gasteiger partial charge in [-0.25, -0.2) is 4.98 Å². The maximum atomic E-state index is 5.14. The van der Waals surface area contributed by atoms with Crippen LogP contribution in [0.1, 0.15) is 179 Å². The molecule has 0 fully saturated rings. The molecule has 0 N–H and O–H groups in total. The van der Waals surface area contributed by atoms with Gasteiger partial charge in [0.05, 0.1) is 5.69 Å². The van der Waals surface area contributed by atoms with Crippen LogP contribution in [0, 0.1) is 0 Å². The zero-order chi connectivity index (χ0) is 28.4. The van der Waals surface area contributed by atoms with E-state index in [1.54, 1.807) is 0 Å². The molecule has 0 aliphatic heterocycles. The molecule has 0 aliphatic rings. The fourth-order valence-electron chi connectivity index (χ4n) is 6.04. The molecule has 0 atom stereocenters. The fraction of sp³-hybridized carbons (Fsp3) is 0.763. The molecule has 0 bridgehead atoms. The van der Waals surface area contributed by atoms with E-state index < -0.39 is 0 Å². The summed E-state index contributed by atoms with van der Waals surface area (Å²) in [7, 11) is 0. The number of imidazole rings is 1. The Balaban J connectivity index is 1.60. The Kier molecular flexibility index (Phi) is 21.8. The third-order valence-corrected chi connectivity index (χ3v) is 8.66. The number of benzene rings is 1. The first kappa shape index (κ1) is 34.6. The van der Waals surface area contributed by atoms with Gasteiger partial charge in [0, 0.05) is 19.2 Å². The van der Waals surface area contributed by atoms with Crippen molar-refractivity contribution in [1.29, 1.82) is 0 Å². The average Bonchev–Trinajstić information content (AvgIpc) is 3.36. The first-order chi connectivity index (χ1) is 19.8. The van der Waals surface area contributed by atoms with Gasteiger partial charge >= 0.3 is 0 Å². The van der Waals surface area contributed by atoms with Crippen LogP contribution < -0.4 is 0 Å². The van der Waals surface area contributed by atoms with Crippen LogP contribution in [0.2, 0.25) is 0 Å². The summed E-state index contributed by atoms with van der Waals surface area (Å²) in [5, 5.41) is 0. The van der Waals surface area contributed by atoms with Gasteiger partial charge in [0.2, 0.25) is 0 Å². The summed E-state index contributed by atoms with van der Waals surface area (Å²) in [5.74, 6) is 1.36. The molecule has 2 rings (SSSR count). The van der Waals surface area contributed by atoms with Crippen molar-refractivity contribution in [2.45, 2.75) is 187 Å².